The Bertz CT molecular complexity index is 606. The number of fused-ring (bicyclic) bond motifs is 1. The molecule has 1 aliphatic carbocycles. The van der Waals surface area contributed by atoms with Crippen LogP contribution < -0.4 is 5.32 Å². The highest BCUT2D eigenvalue weighted by molar-refractivity contribution is 7.15. The molecule has 0 saturated carbocycles. The van der Waals surface area contributed by atoms with Gasteiger partial charge in [0.1, 0.15) is 5.01 Å². The number of hydrogen-bond donors (Lipinski definition) is 1. The summed E-state index contributed by atoms with van der Waals surface area (Å²) in [7, 11) is 0. The van der Waals surface area contributed by atoms with Crippen LogP contribution in [-0.4, -0.2) is 22.6 Å². The first kappa shape index (κ1) is 14.9. The first-order chi connectivity index (χ1) is 10.1. The Morgan fingerprint density at radius 3 is 3.00 bits per heavy atom. The zero-order chi connectivity index (χ0) is 14.8. The minimum atomic E-state index is 0.520. The number of aryl methyl sites for hydroxylation is 1. The third-order valence-corrected chi connectivity index (χ3v) is 5.17. The number of nitrogens with one attached hydrogen (secondary N) is 1. The molecule has 0 fully saturated rings. The summed E-state index contributed by atoms with van der Waals surface area (Å²) in [5.74, 6) is 0.536. The van der Waals surface area contributed by atoms with Crippen molar-refractivity contribution in [2.45, 2.75) is 45.1 Å². The predicted molar refractivity (Wildman–Crippen MR) is 89.2 cm³/mol. The Morgan fingerprint density at radius 1 is 1.43 bits per heavy atom. The molecule has 0 bridgehead atoms. The highest BCUT2D eigenvalue weighted by Crippen LogP contribution is 2.37. The molecule has 0 amide bonds. The van der Waals surface area contributed by atoms with Crippen LogP contribution in [0.5, 0.6) is 0 Å². The van der Waals surface area contributed by atoms with E-state index in [9.17, 15) is 0 Å². The van der Waals surface area contributed by atoms with Crippen molar-refractivity contribution < 1.29 is 0 Å². The van der Waals surface area contributed by atoms with Crippen LogP contribution in [0.2, 0.25) is 5.02 Å². The summed E-state index contributed by atoms with van der Waals surface area (Å²) in [5, 5.41) is 5.23. The van der Waals surface area contributed by atoms with Gasteiger partial charge >= 0.3 is 0 Å². The van der Waals surface area contributed by atoms with Gasteiger partial charge in [-0.1, -0.05) is 25.4 Å². The van der Waals surface area contributed by atoms with E-state index in [4.69, 9.17) is 16.6 Å². The van der Waals surface area contributed by atoms with E-state index < -0.39 is 0 Å². The molecule has 2 aromatic rings. The Labute approximate surface area is 134 Å². The van der Waals surface area contributed by atoms with Crippen LogP contribution in [0, 0.1) is 0 Å². The van der Waals surface area contributed by atoms with Crippen molar-refractivity contribution in [3.8, 4) is 10.7 Å². The van der Waals surface area contributed by atoms with Gasteiger partial charge in [-0.15, -0.1) is 11.3 Å². The Morgan fingerprint density at radius 2 is 2.29 bits per heavy atom. The molecule has 112 valence electrons. The van der Waals surface area contributed by atoms with E-state index in [0.717, 1.165) is 23.7 Å². The summed E-state index contributed by atoms with van der Waals surface area (Å²) in [5.41, 5.74) is 2.21. The quantitative estimate of drug-likeness (QED) is 0.913. The lowest BCUT2D eigenvalue weighted by Gasteiger charge is -2.22. The Kier molecular flexibility index (Phi) is 4.57. The first-order valence-electron chi connectivity index (χ1n) is 7.48. The predicted octanol–water partition coefficient (Wildman–Crippen LogP) is 4.28. The average molecular weight is 322 g/mol. The van der Waals surface area contributed by atoms with Gasteiger partial charge in [-0.2, -0.15) is 0 Å². The van der Waals surface area contributed by atoms with Crippen LogP contribution in [0.4, 0.5) is 0 Å². The maximum atomic E-state index is 5.91. The summed E-state index contributed by atoms with van der Waals surface area (Å²) in [4.78, 5) is 10.7. The SMILES string of the molecule is CC(C)NCC1CCCc2sc(-c3ccc(Cl)cn3)nc21. The molecular weight excluding hydrogens is 302 g/mol. The summed E-state index contributed by atoms with van der Waals surface area (Å²) >= 11 is 7.69. The third-order valence-electron chi connectivity index (χ3n) is 3.79. The molecule has 1 unspecified atom stereocenters. The number of nitrogens with zero attached hydrogens (tertiary/aromatic N) is 2. The number of hydrogen-bond acceptors (Lipinski definition) is 4. The summed E-state index contributed by atoms with van der Waals surface area (Å²) in [6, 6.07) is 4.35. The van der Waals surface area contributed by atoms with Crippen molar-refractivity contribution in [2.24, 2.45) is 0 Å². The van der Waals surface area contributed by atoms with Gasteiger partial charge in [0, 0.05) is 29.6 Å². The second-order valence-corrected chi connectivity index (χ2v) is 7.36. The van der Waals surface area contributed by atoms with Gasteiger partial charge < -0.3 is 5.32 Å². The molecule has 21 heavy (non-hydrogen) atoms. The number of pyridine rings is 1. The lowest BCUT2D eigenvalue weighted by atomic mass is 9.91. The van der Waals surface area contributed by atoms with Crippen molar-refractivity contribution in [1.82, 2.24) is 15.3 Å². The van der Waals surface area contributed by atoms with Crippen molar-refractivity contribution >= 4 is 22.9 Å². The molecule has 3 rings (SSSR count). The standard InChI is InChI=1S/C16H20ClN3S/c1-10(2)18-8-11-4-3-5-14-15(11)20-16(21-14)13-7-6-12(17)9-19-13/h6-7,9-11,18H,3-5,8H2,1-2H3. The number of rotatable bonds is 4. The van der Waals surface area contributed by atoms with Crippen molar-refractivity contribution in [2.75, 3.05) is 6.54 Å². The molecule has 0 radical (unpaired) electrons. The van der Waals surface area contributed by atoms with E-state index in [1.807, 2.05) is 12.1 Å². The van der Waals surface area contributed by atoms with Gasteiger partial charge in [0.25, 0.3) is 0 Å². The second-order valence-electron chi connectivity index (χ2n) is 5.84. The summed E-state index contributed by atoms with van der Waals surface area (Å²) in [6.07, 6.45) is 5.32. The van der Waals surface area contributed by atoms with Crippen LogP contribution >= 0.6 is 22.9 Å². The van der Waals surface area contributed by atoms with Gasteiger partial charge in [-0.05, 0) is 31.4 Å². The van der Waals surface area contributed by atoms with E-state index in [2.05, 4.69) is 24.1 Å². The minimum absolute atomic E-state index is 0.520. The fraction of sp³-hybridized carbons (Fsp3) is 0.500. The van der Waals surface area contributed by atoms with Gasteiger partial charge in [0.15, 0.2) is 0 Å². The van der Waals surface area contributed by atoms with Gasteiger partial charge in [0.2, 0.25) is 0 Å². The van der Waals surface area contributed by atoms with Crippen molar-refractivity contribution in [3.05, 3.63) is 33.9 Å². The Hall–Kier alpha value is -0.970. The second kappa shape index (κ2) is 6.42. The van der Waals surface area contributed by atoms with Crippen molar-refractivity contribution in [3.63, 3.8) is 0 Å². The maximum Gasteiger partial charge on any atom is 0.142 e. The normalized spacial score (nSPS) is 18.0. The van der Waals surface area contributed by atoms with E-state index in [-0.39, 0.29) is 0 Å². The van der Waals surface area contributed by atoms with Crippen LogP contribution in [0.15, 0.2) is 18.3 Å². The number of thiazole rings is 1. The highest BCUT2D eigenvalue weighted by Gasteiger charge is 2.25. The van der Waals surface area contributed by atoms with E-state index in [1.165, 1.54) is 23.4 Å². The van der Waals surface area contributed by atoms with Crippen LogP contribution in [0.1, 0.15) is 43.2 Å². The summed E-state index contributed by atoms with van der Waals surface area (Å²) < 4.78 is 0. The molecule has 1 atom stereocenters. The topological polar surface area (TPSA) is 37.8 Å². The molecule has 0 aromatic carbocycles. The Balaban J connectivity index is 1.85. The molecule has 3 nitrogen and oxygen atoms in total. The molecule has 0 saturated heterocycles. The highest BCUT2D eigenvalue weighted by atomic mass is 35.5. The molecule has 0 aliphatic heterocycles. The van der Waals surface area contributed by atoms with Gasteiger partial charge in [-0.25, -0.2) is 4.98 Å². The minimum Gasteiger partial charge on any atom is -0.314 e. The zero-order valence-electron chi connectivity index (χ0n) is 12.4. The van der Waals surface area contributed by atoms with E-state index in [1.54, 1.807) is 17.5 Å². The van der Waals surface area contributed by atoms with Gasteiger partial charge in [-0.3, -0.25) is 4.98 Å². The first-order valence-corrected chi connectivity index (χ1v) is 8.68. The van der Waals surface area contributed by atoms with Crippen LogP contribution in [-0.2, 0) is 6.42 Å². The smallest absolute Gasteiger partial charge is 0.142 e. The molecular formula is C16H20ClN3S. The fourth-order valence-electron chi connectivity index (χ4n) is 2.70. The molecule has 1 N–H and O–H groups in total. The molecule has 0 spiro atoms. The number of aromatic nitrogens is 2. The van der Waals surface area contributed by atoms with Crippen LogP contribution in [0.3, 0.4) is 0 Å². The zero-order valence-corrected chi connectivity index (χ0v) is 14.0. The third kappa shape index (κ3) is 3.44. The molecule has 5 heteroatoms. The largest absolute Gasteiger partial charge is 0.314 e. The van der Waals surface area contributed by atoms with E-state index >= 15 is 0 Å². The van der Waals surface area contributed by atoms with Crippen LogP contribution in [0.25, 0.3) is 10.7 Å². The van der Waals surface area contributed by atoms with E-state index in [0.29, 0.717) is 17.0 Å². The summed E-state index contributed by atoms with van der Waals surface area (Å²) in [6.45, 7) is 5.39. The lowest BCUT2D eigenvalue weighted by molar-refractivity contribution is 0.475. The lowest BCUT2D eigenvalue weighted by Crippen LogP contribution is -2.29. The van der Waals surface area contributed by atoms with Crippen molar-refractivity contribution in [1.29, 1.82) is 0 Å². The van der Waals surface area contributed by atoms with Gasteiger partial charge in [0.05, 0.1) is 16.4 Å². The molecule has 2 heterocycles. The number of halogens is 1. The average Bonchev–Trinajstić information content (AvgIpc) is 2.90. The maximum absolute atomic E-state index is 5.91. The monoisotopic (exact) mass is 321 g/mol. The molecule has 2 aromatic heterocycles. The fourth-order valence-corrected chi connectivity index (χ4v) is 3.97. The molecule has 1 aliphatic rings.